The van der Waals surface area contributed by atoms with Crippen LogP contribution in [0.1, 0.15) is 33.1 Å². The molecule has 0 spiro atoms. The highest BCUT2D eigenvalue weighted by atomic mass is 16.5. The smallest absolute Gasteiger partial charge is 0.0597 e. The minimum absolute atomic E-state index is 0.438. The van der Waals surface area contributed by atoms with Crippen LogP contribution in [0.4, 0.5) is 0 Å². The molecule has 0 saturated carbocycles. The Bertz CT molecular complexity index is 110. The summed E-state index contributed by atoms with van der Waals surface area (Å²) in [6, 6.07) is 0. The van der Waals surface area contributed by atoms with Crippen molar-refractivity contribution in [3.8, 4) is 0 Å². The highest BCUT2D eigenvalue weighted by Crippen LogP contribution is 2.06. The van der Waals surface area contributed by atoms with Crippen LogP contribution in [0.3, 0.4) is 0 Å². The molecule has 1 saturated heterocycles. The summed E-state index contributed by atoms with van der Waals surface area (Å²) in [5.74, 6) is 0. The Balaban J connectivity index is 1.94. The minimum Gasteiger partial charge on any atom is -0.377 e. The summed E-state index contributed by atoms with van der Waals surface area (Å²) in [6.45, 7) is 8.91. The van der Waals surface area contributed by atoms with Gasteiger partial charge in [-0.15, -0.1) is 0 Å². The third-order valence-corrected chi connectivity index (χ3v) is 2.58. The molecule has 1 heterocycles. The SMILES string of the molecule is CCC(C)OCCN1CCCC1. The van der Waals surface area contributed by atoms with Crippen molar-refractivity contribution in [3.63, 3.8) is 0 Å². The largest absolute Gasteiger partial charge is 0.377 e. The average Bonchev–Trinajstić information content (AvgIpc) is 2.57. The standard InChI is InChI=1S/C10H21NO/c1-3-10(2)12-9-8-11-6-4-5-7-11/h10H,3-9H2,1-2H3. The third kappa shape index (κ3) is 3.55. The lowest BCUT2D eigenvalue weighted by atomic mass is 10.3. The molecule has 0 bridgehead atoms. The number of nitrogens with zero attached hydrogens (tertiary/aromatic N) is 1. The zero-order chi connectivity index (χ0) is 8.81. The van der Waals surface area contributed by atoms with Gasteiger partial charge in [0, 0.05) is 6.54 Å². The second-order valence-corrected chi connectivity index (χ2v) is 3.64. The molecule has 12 heavy (non-hydrogen) atoms. The summed E-state index contributed by atoms with van der Waals surface area (Å²) in [6.07, 6.45) is 4.32. The molecule has 1 fully saturated rings. The zero-order valence-corrected chi connectivity index (χ0v) is 8.38. The Kier molecular flexibility index (Phi) is 4.62. The topological polar surface area (TPSA) is 12.5 Å². The first kappa shape index (κ1) is 10.0. The minimum atomic E-state index is 0.438. The van der Waals surface area contributed by atoms with Gasteiger partial charge in [0.1, 0.15) is 0 Å². The van der Waals surface area contributed by atoms with Crippen LogP contribution >= 0.6 is 0 Å². The third-order valence-electron chi connectivity index (χ3n) is 2.58. The lowest BCUT2D eigenvalue weighted by molar-refractivity contribution is 0.0502. The van der Waals surface area contributed by atoms with E-state index in [-0.39, 0.29) is 0 Å². The molecule has 0 aromatic carbocycles. The maximum absolute atomic E-state index is 5.61. The Morgan fingerprint density at radius 1 is 1.33 bits per heavy atom. The van der Waals surface area contributed by atoms with E-state index in [1.165, 1.54) is 25.9 Å². The van der Waals surface area contributed by atoms with Gasteiger partial charge in [0.05, 0.1) is 12.7 Å². The van der Waals surface area contributed by atoms with Gasteiger partial charge in [0.15, 0.2) is 0 Å². The number of hydrogen-bond acceptors (Lipinski definition) is 2. The maximum atomic E-state index is 5.61. The molecule has 2 heteroatoms. The normalized spacial score (nSPS) is 21.5. The van der Waals surface area contributed by atoms with Gasteiger partial charge in [0.25, 0.3) is 0 Å². The summed E-state index contributed by atoms with van der Waals surface area (Å²) < 4.78 is 5.61. The van der Waals surface area contributed by atoms with E-state index in [2.05, 4.69) is 18.7 Å². The molecule has 0 amide bonds. The van der Waals surface area contributed by atoms with E-state index in [1.54, 1.807) is 0 Å². The van der Waals surface area contributed by atoms with Crippen LogP contribution in [0, 0.1) is 0 Å². The molecule has 1 unspecified atom stereocenters. The molecule has 0 N–H and O–H groups in total. The fourth-order valence-electron chi connectivity index (χ4n) is 1.51. The Morgan fingerprint density at radius 3 is 2.58 bits per heavy atom. The summed E-state index contributed by atoms with van der Waals surface area (Å²) in [5, 5.41) is 0. The second-order valence-electron chi connectivity index (χ2n) is 3.64. The van der Waals surface area contributed by atoms with Crippen molar-refractivity contribution in [2.24, 2.45) is 0 Å². The van der Waals surface area contributed by atoms with Gasteiger partial charge < -0.3 is 9.64 Å². The molecule has 1 atom stereocenters. The lowest BCUT2D eigenvalue weighted by Gasteiger charge is -2.16. The number of likely N-dealkylation sites (tertiary alicyclic amines) is 1. The van der Waals surface area contributed by atoms with Crippen LogP contribution in [-0.2, 0) is 4.74 Å². The van der Waals surface area contributed by atoms with E-state index in [9.17, 15) is 0 Å². The van der Waals surface area contributed by atoms with Crippen LogP contribution in [0.5, 0.6) is 0 Å². The predicted molar refractivity (Wildman–Crippen MR) is 51.4 cm³/mol. The summed E-state index contributed by atoms with van der Waals surface area (Å²) in [4.78, 5) is 2.49. The van der Waals surface area contributed by atoms with Gasteiger partial charge in [0.2, 0.25) is 0 Å². The van der Waals surface area contributed by atoms with Crippen molar-refractivity contribution in [1.82, 2.24) is 4.90 Å². The number of rotatable bonds is 5. The molecule has 0 radical (unpaired) electrons. The highest BCUT2D eigenvalue weighted by molar-refractivity contribution is 4.65. The summed E-state index contributed by atoms with van der Waals surface area (Å²) in [7, 11) is 0. The predicted octanol–water partition coefficient (Wildman–Crippen LogP) is 1.90. The molecular formula is C10H21NO. The van der Waals surface area contributed by atoms with Gasteiger partial charge in [-0.1, -0.05) is 6.92 Å². The Hall–Kier alpha value is -0.0800. The molecule has 72 valence electrons. The first-order chi connectivity index (χ1) is 5.83. The van der Waals surface area contributed by atoms with Crippen molar-refractivity contribution in [1.29, 1.82) is 0 Å². The van der Waals surface area contributed by atoms with E-state index in [0.29, 0.717) is 6.10 Å². The van der Waals surface area contributed by atoms with Gasteiger partial charge in [-0.05, 0) is 39.3 Å². The fraction of sp³-hybridized carbons (Fsp3) is 1.00. The van der Waals surface area contributed by atoms with Crippen molar-refractivity contribution < 1.29 is 4.74 Å². The molecule has 0 aromatic heterocycles. The quantitative estimate of drug-likeness (QED) is 0.626. The van der Waals surface area contributed by atoms with Crippen molar-refractivity contribution in [2.75, 3.05) is 26.2 Å². The second kappa shape index (κ2) is 5.55. The highest BCUT2D eigenvalue weighted by Gasteiger charge is 2.10. The summed E-state index contributed by atoms with van der Waals surface area (Å²) in [5.41, 5.74) is 0. The van der Waals surface area contributed by atoms with E-state index in [1.807, 2.05) is 0 Å². The molecule has 1 aliphatic rings. The first-order valence-electron chi connectivity index (χ1n) is 5.17. The van der Waals surface area contributed by atoms with Gasteiger partial charge in [-0.2, -0.15) is 0 Å². The van der Waals surface area contributed by atoms with Crippen LogP contribution in [-0.4, -0.2) is 37.2 Å². The lowest BCUT2D eigenvalue weighted by Crippen LogP contribution is -2.25. The van der Waals surface area contributed by atoms with Crippen molar-refractivity contribution in [2.45, 2.75) is 39.2 Å². The Morgan fingerprint density at radius 2 is 2.00 bits per heavy atom. The van der Waals surface area contributed by atoms with Crippen molar-refractivity contribution >= 4 is 0 Å². The van der Waals surface area contributed by atoms with Crippen LogP contribution in [0.15, 0.2) is 0 Å². The van der Waals surface area contributed by atoms with E-state index in [0.717, 1.165) is 19.6 Å². The Labute approximate surface area is 75.9 Å². The van der Waals surface area contributed by atoms with Crippen LogP contribution in [0.2, 0.25) is 0 Å². The van der Waals surface area contributed by atoms with Gasteiger partial charge >= 0.3 is 0 Å². The molecule has 1 rings (SSSR count). The van der Waals surface area contributed by atoms with Gasteiger partial charge in [-0.3, -0.25) is 0 Å². The van der Waals surface area contributed by atoms with Crippen LogP contribution in [0.25, 0.3) is 0 Å². The molecule has 2 nitrogen and oxygen atoms in total. The fourth-order valence-corrected chi connectivity index (χ4v) is 1.51. The van der Waals surface area contributed by atoms with Gasteiger partial charge in [-0.25, -0.2) is 0 Å². The monoisotopic (exact) mass is 171 g/mol. The molecule has 0 aliphatic carbocycles. The van der Waals surface area contributed by atoms with E-state index >= 15 is 0 Å². The van der Waals surface area contributed by atoms with E-state index < -0.39 is 0 Å². The molecule has 1 aliphatic heterocycles. The molecular weight excluding hydrogens is 150 g/mol. The first-order valence-corrected chi connectivity index (χ1v) is 5.17. The van der Waals surface area contributed by atoms with Crippen molar-refractivity contribution in [3.05, 3.63) is 0 Å². The number of ether oxygens (including phenoxy) is 1. The number of hydrogen-bond donors (Lipinski definition) is 0. The average molecular weight is 171 g/mol. The summed E-state index contributed by atoms with van der Waals surface area (Å²) >= 11 is 0. The molecule has 0 aromatic rings. The van der Waals surface area contributed by atoms with E-state index in [4.69, 9.17) is 4.74 Å². The maximum Gasteiger partial charge on any atom is 0.0597 e. The van der Waals surface area contributed by atoms with Crippen LogP contribution < -0.4 is 0 Å². The zero-order valence-electron chi connectivity index (χ0n) is 8.38.